The Balaban J connectivity index is 2.03. The van der Waals surface area contributed by atoms with Gasteiger partial charge in [0.25, 0.3) is 0 Å². The van der Waals surface area contributed by atoms with Crippen molar-refractivity contribution in [1.82, 2.24) is 19.2 Å². The zero-order valence-corrected chi connectivity index (χ0v) is 16.5. The number of nitrogens with zero attached hydrogens (tertiary/aromatic N) is 3. The van der Waals surface area contributed by atoms with E-state index in [9.17, 15) is 13.2 Å². The van der Waals surface area contributed by atoms with Crippen LogP contribution in [0.4, 0.5) is 0 Å². The Labute approximate surface area is 159 Å². The second-order valence-electron chi connectivity index (χ2n) is 6.43. The molecule has 1 fully saturated rings. The van der Waals surface area contributed by atoms with Crippen LogP contribution in [-0.4, -0.2) is 54.5 Å². The largest absolute Gasteiger partial charge is 0.462 e. The molecule has 1 aromatic carbocycles. The molecule has 1 atom stereocenters. The van der Waals surface area contributed by atoms with E-state index in [1.54, 1.807) is 38.4 Å². The Morgan fingerprint density at radius 3 is 2.85 bits per heavy atom. The molecular formula is C18H24N4O4S. The van der Waals surface area contributed by atoms with Gasteiger partial charge in [-0.25, -0.2) is 18.2 Å². The third kappa shape index (κ3) is 3.76. The summed E-state index contributed by atoms with van der Waals surface area (Å²) in [5.74, 6) is 0.139. The van der Waals surface area contributed by atoms with Gasteiger partial charge < -0.3 is 14.6 Å². The number of hydrogen-bond donors (Lipinski definition) is 1. The zero-order chi connectivity index (χ0) is 19.6. The second-order valence-corrected chi connectivity index (χ2v) is 8.29. The van der Waals surface area contributed by atoms with E-state index in [4.69, 9.17) is 4.74 Å². The molecule has 1 aliphatic heterocycles. The number of aromatic nitrogens is 2. The van der Waals surface area contributed by atoms with Crippen molar-refractivity contribution in [2.75, 3.05) is 26.2 Å². The first-order valence-electron chi connectivity index (χ1n) is 8.83. The summed E-state index contributed by atoms with van der Waals surface area (Å²) in [6, 6.07) is 4.20. The Kier molecular flexibility index (Phi) is 5.64. The second kappa shape index (κ2) is 7.79. The first-order valence-corrected chi connectivity index (χ1v) is 10.3. The summed E-state index contributed by atoms with van der Waals surface area (Å²) >= 11 is 0. The summed E-state index contributed by atoms with van der Waals surface area (Å²) < 4.78 is 35.2. The average Bonchev–Trinajstić information content (AvgIpc) is 3.08. The number of benzene rings is 1. The Morgan fingerprint density at radius 2 is 2.19 bits per heavy atom. The summed E-state index contributed by atoms with van der Waals surface area (Å²) in [6.45, 7) is 5.01. The molecule has 9 heteroatoms. The predicted molar refractivity (Wildman–Crippen MR) is 99.8 cm³/mol. The Morgan fingerprint density at radius 1 is 1.41 bits per heavy atom. The lowest BCUT2D eigenvalue weighted by atomic mass is 10.1. The monoisotopic (exact) mass is 392 g/mol. The van der Waals surface area contributed by atoms with E-state index in [1.807, 2.05) is 11.6 Å². The van der Waals surface area contributed by atoms with Crippen molar-refractivity contribution >= 4 is 16.0 Å². The highest BCUT2D eigenvalue weighted by atomic mass is 32.2. The molecule has 0 aliphatic carbocycles. The summed E-state index contributed by atoms with van der Waals surface area (Å²) in [5, 5.41) is 3.23. The van der Waals surface area contributed by atoms with Crippen LogP contribution in [0.15, 0.2) is 35.5 Å². The van der Waals surface area contributed by atoms with Crippen molar-refractivity contribution < 1.29 is 17.9 Å². The van der Waals surface area contributed by atoms with Crippen LogP contribution < -0.4 is 5.32 Å². The zero-order valence-electron chi connectivity index (χ0n) is 15.7. The van der Waals surface area contributed by atoms with Gasteiger partial charge in [0.1, 0.15) is 5.82 Å². The van der Waals surface area contributed by atoms with E-state index in [0.717, 1.165) is 0 Å². The molecule has 146 valence electrons. The van der Waals surface area contributed by atoms with E-state index >= 15 is 0 Å². The molecule has 2 heterocycles. The number of carbonyl (C=O) groups is 1. The number of esters is 1. The highest BCUT2D eigenvalue weighted by Gasteiger charge is 2.37. The van der Waals surface area contributed by atoms with Crippen LogP contribution in [0.1, 0.15) is 34.7 Å². The van der Waals surface area contributed by atoms with Crippen molar-refractivity contribution in [3.05, 3.63) is 47.5 Å². The maximum Gasteiger partial charge on any atom is 0.338 e. The first kappa shape index (κ1) is 19.5. The smallest absolute Gasteiger partial charge is 0.338 e. The number of piperazine rings is 1. The number of nitrogens with one attached hydrogen (secondary N) is 1. The fraction of sp³-hybridized carbons (Fsp3) is 0.444. The van der Waals surface area contributed by atoms with Gasteiger partial charge in [-0.05, 0) is 31.5 Å². The van der Waals surface area contributed by atoms with E-state index in [-0.39, 0.29) is 17.1 Å². The molecule has 1 saturated heterocycles. The Hall–Kier alpha value is -2.23. The van der Waals surface area contributed by atoms with E-state index in [2.05, 4.69) is 10.3 Å². The number of sulfonamides is 1. The van der Waals surface area contributed by atoms with Crippen molar-refractivity contribution in [1.29, 1.82) is 0 Å². The molecular weight excluding hydrogens is 368 g/mol. The minimum Gasteiger partial charge on any atom is -0.462 e. The van der Waals surface area contributed by atoms with Crippen LogP contribution in [-0.2, 0) is 21.8 Å². The lowest BCUT2D eigenvalue weighted by Gasteiger charge is -2.35. The fourth-order valence-corrected chi connectivity index (χ4v) is 5.08. The maximum absolute atomic E-state index is 13.5. The molecule has 0 saturated carbocycles. The summed E-state index contributed by atoms with van der Waals surface area (Å²) in [7, 11) is -1.98. The summed E-state index contributed by atoms with van der Waals surface area (Å²) in [5.41, 5.74) is 0.810. The maximum atomic E-state index is 13.5. The van der Waals surface area contributed by atoms with Gasteiger partial charge in [-0.3, -0.25) is 0 Å². The van der Waals surface area contributed by atoms with Gasteiger partial charge in [-0.1, -0.05) is 6.07 Å². The lowest BCUT2D eigenvalue weighted by Crippen LogP contribution is -2.49. The third-order valence-corrected chi connectivity index (χ3v) is 6.69. The van der Waals surface area contributed by atoms with Crippen LogP contribution in [0.5, 0.6) is 0 Å². The molecule has 0 bridgehead atoms. The minimum atomic E-state index is -3.82. The van der Waals surface area contributed by atoms with E-state index in [0.29, 0.717) is 31.0 Å². The van der Waals surface area contributed by atoms with E-state index < -0.39 is 22.0 Å². The van der Waals surface area contributed by atoms with Crippen LogP contribution in [0, 0.1) is 6.92 Å². The predicted octanol–water partition coefficient (Wildman–Crippen LogP) is 1.24. The molecule has 1 N–H and O–H groups in total. The number of aryl methyl sites for hydroxylation is 2. The molecule has 27 heavy (non-hydrogen) atoms. The highest BCUT2D eigenvalue weighted by Crippen LogP contribution is 2.30. The fourth-order valence-electron chi connectivity index (χ4n) is 3.24. The number of ether oxygens (including phenoxy) is 1. The van der Waals surface area contributed by atoms with Crippen LogP contribution in [0.2, 0.25) is 0 Å². The number of imidazole rings is 1. The molecule has 0 amide bonds. The summed E-state index contributed by atoms with van der Waals surface area (Å²) in [6.07, 6.45) is 3.45. The molecule has 0 spiro atoms. The number of rotatable bonds is 5. The van der Waals surface area contributed by atoms with Crippen molar-refractivity contribution in [3.63, 3.8) is 0 Å². The molecule has 1 aliphatic rings. The normalized spacial score (nSPS) is 18.4. The first-order chi connectivity index (χ1) is 12.9. The van der Waals surface area contributed by atoms with Gasteiger partial charge in [-0.2, -0.15) is 4.31 Å². The number of carbonyl (C=O) groups excluding carboxylic acids is 1. The highest BCUT2D eigenvalue weighted by molar-refractivity contribution is 7.89. The minimum absolute atomic E-state index is 0.120. The molecule has 2 aromatic rings. The molecule has 3 rings (SSSR count). The molecule has 8 nitrogen and oxygen atoms in total. The topological polar surface area (TPSA) is 93.5 Å². The van der Waals surface area contributed by atoms with Gasteiger partial charge in [0, 0.05) is 39.1 Å². The van der Waals surface area contributed by atoms with Crippen molar-refractivity contribution in [3.8, 4) is 0 Å². The van der Waals surface area contributed by atoms with Crippen LogP contribution in [0.25, 0.3) is 0 Å². The average molecular weight is 392 g/mol. The molecule has 1 unspecified atom stereocenters. The molecule has 1 aromatic heterocycles. The summed E-state index contributed by atoms with van der Waals surface area (Å²) in [4.78, 5) is 16.5. The van der Waals surface area contributed by atoms with Gasteiger partial charge in [0.15, 0.2) is 0 Å². The van der Waals surface area contributed by atoms with Crippen LogP contribution >= 0.6 is 0 Å². The van der Waals surface area contributed by atoms with Crippen molar-refractivity contribution in [2.45, 2.75) is 24.8 Å². The third-order valence-electron chi connectivity index (χ3n) is 4.64. The molecule has 0 radical (unpaired) electrons. The standard InChI is InChI=1S/C18H24N4O4S/c1-4-26-18(23)14-6-5-13(2)16(11-14)27(24,25)22-10-7-19-12-15(22)17-20-8-9-21(17)3/h5-6,8-9,11,15,19H,4,7,10,12H2,1-3H3. The van der Waals surface area contributed by atoms with Gasteiger partial charge in [-0.15, -0.1) is 0 Å². The van der Waals surface area contributed by atoms with Gasteiger partial charge in [0.2, 0.25) is 10.0 Å². The SMILES string of the molecule is CCOC(=O)c1ccc(C)c(S(=O)(=O)N2CCNCC2c2nccn2C)c1. The number of hydrogen-bond acceptors (Lipinski definition) is 6. The van der Waals surface area contributed by atoms with E-state index in [1.165, 1.54) is 10.4 Å². The Bertz CT molecular complexity index is 939. The van der Waals surface area contributed by atoms with Crippen LogP contribution in [0.3, 0.4) is 0 Å². The lowest BCUT2D eigenvalue weighted by molar-refractivity contribution is 0.0526. The van der Waals surface area contributed by atoms with Gasteiger partial charge >= 0.3 is 5.97 Å². The van der Waals surface area contributed by atoms with Crippen molar-refractivity contribution in [2.24, 2.45) is 7.05 Å². The van der Waals surface area contributed by atoms with Gasteiger partial charge in [0.05, 0.1) is 23.1 Å². The quantitative estimate of drug-likeness (QED) is 0.770.